The van der Waals surface area contributed by atoms with Gasteiger partial charge in [0, 0.05) is 24.3 Å². The summed E-state index contributed by atoms with van der Waals surface area (Å²) in [4.78, 5) is 18.3. The van der Waals surface area contributed by atoms with E-state index in [-0.39, 0.29) is 11.6 Å². The number of rotatable bonds is 8. The van der Waals surface area contributed by atoms with Gasteiger partial charge in [0.2, 0.25) is 5.88 Å². The molecule has 1 aromatic heterocycles. The summed E-state index contributed by atoms with van der Waals surface area (Å²) in [5, 5.41) is 9.34. The highest BCUT2D eigenvalue weighted by Gasteiger charge is 2.31. The van der Waals surface area contributed by atoms with Crippen LogP contribution in [0.1, 0.15) is 74.8 Å². The first-order chi connectivity index (χ1) is 18.7. The Bertz CT molecular complexity index is 1340. The van der Waals surface area contributed by atoms with E-state index in [1.807, 2.05) is 18.2 Å². The van der Waals surface area contributed by atoms with Gasteiger partial charge in [0.1, 0.15) is 11.9 Å². The van der Waals surface area contributed by atoms with Crippen LogP contribution in [-0.4, -0.2) is 40.2 Å². The maximum Gasteiger partial charge on any atom is 0.306 e. The summed E-state index contributed by atoms with van der Waals surface area (Å²) in [6.07, 6.45) is 7.82. The number of carboxylic acid groups (broad SMARTS) is 1. The van der Waals surface area contributed by atoms with Gasteiger partial charge in [-0.25, -0.2) is 4.98 Å². The third kappa shape index (κ3) is 6.11. The fourth-order valence-electron chi connectivity index (χ4n) is 5.95. The van der Waals surface area contributed by atoms with E-state index in [1.54, 1.807) is 20.2 Å². The molecule has 0 spiro atoms. The number of aromatic nitrogens is 1. The van der Waals surface area contributed by atoms with Gasteiger partial charge in [0.25, 0.3) is 0 Å². The van der Waals surface area contributed by atoms with Gasteiger partial charge in [0.15, 0.2) is 0 Å². The van der Waals surface area contributed by atoms with Gasteiger partial charge in [-0.1, -0.05) is 43.7 Å². The monoisotopic (exact) mass is 528 g/mol. The Morgan fingerprint density at radius 3 is 2.79 bits per heavy atom. The molecule has 6 nitrogen and oxygen atoms in total. The zero-order valence-electron chi connectivity index (χ0n) is 23.6. The van der Waals surface area contributed by atoms with Crippen molar-refractivity contribution in [3.05, 3.63) is 77.0 Å². The number of nitrogens with zero attached hydrogens (tertiary/aromatic N) is 2. The van der Waals surface area contributed by atoms with E-state index < -0.39 is 11.9 Å². The van der Waals surface area contributed by atoms with Crippen molar-refractivity contribution in [2.45, 2.75) is 77.5 Å². The molecule has 1 saturated heterocycles. The smallest absolute Gasteiger partial charge is 0.306 e. The second-order valence-corrected chi connectivity index (χ2v) is 11.7. The molecule has 2 atom stereocenters. The van der Waals surface area contributed by atoms with E-state index in [0.717, 1.165) is 42.8 Å². The number of ether oxygens (including phenoxy) is 2. The Kier molecular flexibility index (Phi) is 7.94. The van der Waals surface area contributed by atoms with Crippen LogP contribution < -0.4 is 9.47 Å². The SMILES string of the molecule is COc1cc(-c2ccc([C@@H]3CCc4ccc(CC(C)C(=O)O)cc4O3)cc2CN2CCCCC2(C)C)ccn1. The van der Waals surface area contributed by atoms with Crippen molar-refractivity contribution < 1.29 is 19.4 Å². The minimum absolute atomic E-state index is 0.0428. The molecule has 2 aliphatic rings. The van der Waals surface area contributed by atoms with E-state index in [4.69, 9.17) is 9.47 Å². The van der Waals surface area contributed by atoms with Crippen molar-refractivity contribution in [3.63, 3.8) is 0 Å². The molecule has 2 aromatic carbocycles. The lowest BCUT2D eigenvalue weighted by Crippen LogP contribution is -2.46. The number of hydrogen-bond acceptors (Lipinski definition) is 5. The van der Waals surface area contributed by atoms with Crippen molar-refractivity contribution >= 4 is 5.97 Å². The molecule has 39 heavy (non-hydrogen) atoms. The summed E-state index contributed by atoms with van der Waals surface area (Å²) in [7, 11) is 1.65. The lowest BCUT2D eigenvalue weighted by Gasteiger charge is -2.43. The molecular weight excluding hydrogens is 488 g/mol. The Morgan fingerprint density at radius 2 is 2.03 bits per heavy atom. The Hall–Kier alpha value is -3.38. The highest BCUT2D eigenvalue weighted by atomic mass is 16.5. The number of aryl methyl sites for hydroxylation is 1. The van der Waals surface area contributed by atoms with Crippen LogP contribution >= 0.6 is 0 Å². The summed E-state index contributed by atoms with van der Waals surface area (Å²) in [5.74, 6) is 0.287. The summed E-state index contributed by atoms with van der Waals surface area (Å²) < 4.78 is 12.0. The van der Waals surface area contributed by atoms with Crippen LogP contribution in [0.4, 0.5) is 0 Å². The first kappa shape index (κ1) is 27.2. The fraction of sp³-hybridized carbons (Fsp3) is 0.455. The van der Waals surface area contributed by atoms with Crippen molar-refractivity contribution in [1.82, 2.24) is 9.88 Å². The third-order valence-corrected chi connectivity index (χ3v) is 8.48. The number of hydrogen-bond donors (Lipinski definition) is 1. The number of piperidine rings is 1. The van der Waals surface area contributed by atoms with Gasteiger partial charge in [-0.15, -0.1) is 0 Å². The molecule has 0 radical (unpaired) electrons. The zero-order chi connectivity index (χ0) is 27.6. The third-order valence-electron chi connectivity index (χ3n) is 8.48. The van der Waals surface area contributed by atoms with Crippen LogP contribution in [0.2, 0.25) is 0 Å². The first-order valence-corrected chi connectivity index (χ1v) is 14.1. The average molecular weight is 529 g/mol. The van der Waals surface area contributed by atoms with Gasteiger partial charge in [0.05, 0.1) is 13.0 Å². The number of fused-ring (bicyclic) bond motifs is 1. The van der Waals surface area contributed by atoms with Gasteiger partial charge in [-0.3, -0.25) is 9.69 Å². The predicted molar refractivity (Wildman–Crippen MR) is 153 cm³/mol. The van der Waals surface area contributed by atoms with Crippen LogP contribution in [0.25, 0.3) is 11.1 Å². The molecule has 5 rings (SSSR count). The quantitative estimate of drug-likeness (QED) is 0.345. The van der Waals surface area contributed by atoms with Crippen LogP contribution in [0.3, 0.4) is 0 Å². The van der Waals surface area contributed by atoms with Crippen LogP contribution in [0.5, 0.6) is 11.6 Å². The zero-order valence-corrected chi connectivity index (χ0v) is 23.6. The summed E-state index contributed by atoms with van der Waals surface area (Å²) >= 11 is 0. The maximum atomic E-state index is 11.4. The number of carboxylic acids is 1. The molecule has 3 aromatic rings. The van der Waals surface area contributed by atoms with Gasteiger partial charge in [-0.05, 0) is 98.0 Å². The molecule has 206 valence electrons. The Labute approximate surface area is 232 Å². The lowest BCUT2D eigenvalue weighted by atomic mass is 9.88. The van der Waals surface area contributed by atoms with Crippen LogP contribution in [-0.2, 0) is 24.2 Å². The molecule has 2 aliphatic heterocycles. The molecule has 0 amide bonds. The van der Waals surface area contributed by atoms with E-state index in [1.165, 1.54) is 41.5 Å². The van der Waals surface area contributed by atoms with E-state index in [2.05, 4.69) is 54.1 Å². The Balaban J connectivity index is 1.46. The minimum Gasteiger partial charge on any atom is -0.485 e. The average Bonchev–Trinajstić information content (AvgIpc) is 2.93. The highest BCUT2D eigenvalue weighted by Crippen LogP contribution is 2.39. The second-order valence-electron chi connectivity index (χ2n) is 11.7. The van der Waals surface area contributed by atoms with Crippen molar-refractivity contribution in [2.75, 3.05) is 13.7 Å². The van der Waals surface area contributed by atoms with Gasteiger partial charge in [-0.2, -0.15) is 0 Å². The minimum atomic E-state index is -0.775. The second kappa shape index (κ2) is 11.4. The molecule has 0 aliphatic carbocycles. The molecule has 0 saturated carbocycles. The standard InChI is InChI=1S/C33H40N2O4/c1-22(32(36)37)17-23-7-8-24-10-12-29(39-30(24)18-23)26-9-11-28(25-13-15-34-31(20-25)38-4)27(19-26)21-35-16-6-5-14-33(35,2)3/h7-9,11,13,15,18-20,22,29H,5-6,10,12,14,16-17,21H2,1-4H3,(H,36,37)/t22?,29-/m0/s1. The van der Waals surface area contributed by atoms with Crippen LogP contribution in [0.15, 0.2) is 54.7 Å². The van der Waals surface area contributed by atoms with Gasteiger partial charge >= 0.3 is 5.97 Å². The van der Waals surface area contributed by atoms with E-state index in [0.29, 0.717) is 12.3 Å². The number of pyridine rings is 1. The summed E-state index contributed by atoms with van der Waals surface area (Å²) in [6.45, 7) is 8.43. The number of likely N-dealkylation sites (tertiary alicyclic amines) is 1. The fourth-order valence-corrected chi connectivity index (χ4v) is 5.95. The lowest BCUT2D eigenvalue weighted by molar-refractivity contribution is -0.141. The maximum absolute atomic E-state index is 11.4. The molecule has 0 bridgehead atoms. The van der Waals surface area contributed by atoms with Crippen molar-refractivity contribution in [1.29, 1.82) is 0 Å². The van der Waals surface area contributed by atoms with E-state index in [9.17, 15) is 9.90 Å². The molecule has 3 heterocycles. The predicted octanol–water partition coefficient (Wildman–Crippen LogP) is 6.85. The summed E-state index contributed by atoms with van der Waals surface area (Å²) in [5.41, 5.74) is 7.11. The molecular formula is C33H40N2O4. The van der Waals surface area contributed by atoms with Crippen molar-refractivity contribution in [3.8, 4) is 22.8 Å². The highest BCUT2D eigenvalue weighted by molar-refractivity contribution is 5.70. The molecule has 1 N–H and O–H groups in total. The largest absolute Gasteiger partial charge is 0.485 e. The first-order valence-electron chi connectivity index (χ1n) is 14.1. The van der Waals surface area contributed by atoms with Gasteiger partial charge < -0.3 is 14.6 Å². The van der Waals surface area contributed by atoms with Crippen molar-refractivity contribution in [2.24, 2.45) is 5.92 Å². The number of carbonyl (C=O) groups is 1. The number of methoxy groups -OCH3 is 1. The Morgan fingerprint density at radius 1 is 1.18 bits per heavy atom. The number of benzene rings is 2. The van der Waals surface area contributed by atoms with E-state index >= 15 is 0 Å². The molecule has 1 fully saturated rings. The summed E-state index contributed by atoms with van der Waals surface area (Å²) in [6, 6.07) is 17.0. The topological polar surface area (TPSA) is 71.9 Å². The molecule has 1 unspecified atom stereocenters. The van der Waals surface area contributed by atoms with Crippen LogP contribution in [0, 0.1) is 5.92 Å². The normalized spacial score (nSPS) is 19.5. The molecule has 6 heteroatoms. The number of aliphatic carboxylic acids is 1.